The molecular formula is C18H21F3S. The standard InChI is InChI=1S/C17H20S.CHF3/c1-11-6-8-16(9-7-11)18-17-10-12(2)13(3)14(4)15(17)5;2-1(3)4/h6-10H,1-5H3;1H. The maximum absolute atomic E-state index is 9.67. The zero-order valence-electron chi connectivity index (χ0n) is 13.5. The Morgan fingerprint density at radius 2 is 1.27 bits per heavy atom. The van der Waals surface area contributed by atoms with Gasteiger partial charge in [0.15, 0.2) is 0 Å². The average molecular weight is 326 g/mol. The SMILES string of the molecule is Cc1ccc(Sc2cc(C)c(C)c(C)c2C)cc1.FC(F)F. The fraction of sp³-hybridized carbons (Fsp3) is 0.333. The van der Waals surface area contributed by atoms with Crippen LogP contribution in [0.5, 0.6) is 0 Å². The minimum Gasteiger partial charge on any atom is -0.174 e. The van der Waals surface area contributed by atoms with Crippen molar-refractivity contribution in [2.75, 3.05) is 0 Å². The van der Waals surface area contributed by atoms with Crippen molar-refractivity contribution < 1.29 is 13.2 Å². The number of hydrogen-bond acceptors (Lipinski definition) is 1. The largest absolute Gasteiger partial charge is 0.379 e. The molecule has 4 heteroatoms. The molecule has 0 unspecified atom stereocenters. The molecule has 0 aliphatic rings. The first-order valence-corrected chi connectivity index (χ1v) is 7.78. The fourth-order valence-corrected chi connectivity index (χ4v) is 3.08. The monoisotopic (exact) mass is 326 g/mol. The summed E-state index contributed by atoms with van der Waals surface area (Å²) in [6.45, 7) is 7.30. The van der Waals surface area contributed by atoms with Crippen molar-refractivity contribution >= 4 is 11.8 Å². The molecule has 2 aromatic rings. The molecule has 22 heavy (non-hydrogen) atoms. The first kappa shape index (κ1) is 18.6. The molecule has 0 atom stereocenters. The molecule has 0 heterocycles. The van der Waals surface area contributed by atoms with Crippen LogP contribution in [0.2, 0.25) is 0 Å². The Morgan fingerprint density at radius 3 is 1.77 bits per heavy atom. The second-order valence-electron chi connectivity index (χ2n) is 5.23. The van der Waals surface area contributed by atoms with E-state index in [1.807, 2.05) is 11.8 Å². The first-order chi connectivity index (χ1) is 10.2. The van der Waals surface area contributed by atoms with Crippen molar-refractivity contribution in [2.45, 2.75) is 51.1 Å². The van der Waals surface area contributed by atoms with Crippen LogP contribution in [0.15, 0.2) is 40.1 Å². The lowest BCUT2D eigenvalue weighted by Crippen LogP contribution is -1.93. The van der Waals surface area contributed by atoms with Crippen molar-refractivity contribution in [1.29, 1.82) is 0 Å². The van der Waals surface area contributed by atoms with E-state index in [2.05, 4.69) is 65.0 Å². The summed E-state index contributed by atoms with van der Waals surface area (Å²) in [5, 5.41) is 0. The van der Waals surface area contributed by atoms with E-state index in [9.17, 15) is 13.2 Å². The highest BCUT2D eigenvalue weighted by atomic mass is 32.2. The Labute approximate surface area is 134 Å². The molecule has 0 fully saturated rings. The lowest BCUT2D eigenvalue weighted by molar-refractivity contribution is 0.00819. The van der Waals surface area contributed by atoms with Gasteiger partial charge in [-0.15, -0.1) is 0 Å². The summed E-state index contributed by atoms with van der Waals surface area (Å²) in [6, 6.07) is 11.0. The second-order valence-corrected chi connectivity index (χ2v) is 6.34. The van der Waals surface area contributed by atoms with Crippen LogP contribution in [0, 0.1) is 34.6 Å². The van der Waals surface area contributed by atoms with Crippen molar-refractivity contribution in [3.05, 3.63) is 58.1 Å². The molecule has 0 bridgehead atoms. The maximum atomic E-state index is 9.67. The molecule has 0 saturated carbocycles. The van der Waals surface area contributed by atoms with E-state index >= 15 is 0 Å². The third-order valence-electron chi connectivity index (χ3n) is 3.68. The number of benzene rings is 2. The van der Waals surface area contributed by atoms with E-state index in [0.717, 1.165) is 0 Å². The number of alkyl halides is 3. The van der Waals surface area contributed by atoms with Gasteiger partial charge in [-0.25, -0.2) is 0 Å². The minimum atomic E-state index is -3.67. The Morgan fingerprint density at radius 1 is 0.773 bits per heavy atom. The Hall–Kier alpha value is -1.42. The third-order valence-corrected chi connectivity index (χ3v) is 4.83. The van der Waals surface area contributed by atoms with Crippen molar-refractivity contribution in [2.24, 2.45) is 0 Å². The number of hydrogen-bond donors (Lipinski definition) is 0. The summed E-state index contributed by atoms with van der Waals surface area (Å²) in [5.41, 5.74) is 6.94. The predicted molar refractivity (Wildman–Crippen MR) is 87.8 cm³/mol. The van der Waals surface area contributed by atoms with Gasteiger partial charge in [0.2, 0.25) is 0 Å². The topological polar surface area (TPSA) is 0 Å². The first-order valence-electron chi connectivity index (χ1n) is 6.96. The number of aryl methyl sites for hydroxylation is 2. The summed E-state index contributed by atoms with van der Waals surface area (Å²) < 4.78 is 29.0. The second kappa shape index (κ2) is 8.28. The van der Waals surface area contributed by atoms with Gasteiger partial charge in [-0.1, -0.05) is 29.5 Å². The molecule has 120 valence electrons. The van der Waals surface area contributed by atoms with Crippen LogP contribution in [0.1, 0.15) is 27.8 Å². The molecule has 0 saturated heterocycles. The quantitative estimate of drug-likeness (QED) is 0.602. The van der Waals surface area contributed by atoms with Crippen LogP contribution in [0.4, 0.5) is 13.2 Å². The lowest BCUT2D eigenvalue weighted by Gasteiger charge is -2.14. The molecule has 0 nitrogen and oxygen atoms in total. The van der Waals surface area contributed by atoms with Crippen LogP contribution in [0.3, 0.4) is 0 Å². The van der Waals surface area contributed by atoms with Crippen LogP contribution >= 0.6 is 11.8 Å². The zero-order valence-corrected chi connectivity index (χ0v) is 14.3. The van der Waals surface area contributed by atoms with Crippen LogP contribution < -0.4 is 0 Å². The van der Waals surface area contributed by atoms with Gasteiger partial charge in [-0.05, 0) is 75.1 Å². The van der Waals surface area contributed by atoms with Crippen LogP contribution in [0.25, 0.3) is 0 Å². The third kappa shape index (κ3) is 5.41. The van der Waals surface area contributed by atoms with Gasteiger partial charge in [-0.3, -0.25) is 0 Å². The highest BCUT2D eigenvalue weighted by Gasteiger charge is 2.08. The van der Waals surface area contributed by atoms with E-state index in [0.29, 0.717) is 0 Å². The fourth-order valence-electron chi connectivity index (χ4n) is 2.01. The van der Waals surface area contributed by atoms with Crippen molar-refractivity contribution in [3.8, 4) is 0 Å². The zero-order chi connectivity index (χ0) is 16.9. The Bertz CT molecular complexity index is 616. The smallest absolute Gasteiger partial charge is 0.174 e. The van der Waals surface area contributed by atoms with E-state index < -0.39 is 6.68 Å². The molecule has 0 radical (unpaired) electrons. The number of rotatable bonds is 2. The van der Waals surface area contributed by atoms with E-state index in [4.69, 9.17) is 0 Å². The highest BCUT2D eigenvalue weighted by molar-refractivity contribution is 7.99. The van der Waals surface area contributed by atoms with Gasteiger partial charge >= 0.3 is 6.68 Å². The summed E-state index contributed by atoms with van der Waals surface area (Å²) in [6.07, 6.45) is 0. The summed E-state index contributed by atoms with van der Waals surface area (Å²) >= 11 is 1.86. The molecule has 0 aliphatic carbocycles. The van der Waals surface area contributed by atoms with Gasteiger partial charge in [0.25, 0.3) is 0 Å². The van der Waals surface area contributed by atoms with Crippen molar-refractivity contribution in [1.82, 2.24) is 0 Å². The lowest BCUT2D eigenvalue weighted by atomic mass is 10.00. The minimum absolute atomic E-state index is 1.31. The van der Waals surface area contributed by atoms with Gasteiger partial charge in [0.1, 0.15) is 0 Å². The maximum Gasteiger partial charge on any atom is 0.379 e. The highest BCUT2D eigenvalue weighted by Crippen LogP contribution is 2.34. The molecule has 0 aromatic heterocycles. The van der Waals surface area contributed by atoms with Crippen LogP contribution in [-0.4, -0.2) is 6.68 Å². The predicted octanol–water partition coefficient (Wildman–Crippen LogP) is 6.56. The number of halogens is 3. The van der Waals surface area contributed by atoms with Gasteiger partial charge in [0, 0.05) is 9.79 Å². The molecule has 2 rings (SSSR count). The summed E-state index contributed by atoms with van der Waals surface area (Å²) in [4.78, 5) is 2.69. The Kier molecular flexibility index (Phi) is 7.01. The molecule has 2 aromatic carbocycles. The Balaban J connectivity index is 0.000000541. The normalized spacial score (nSPS) is 10.4. The van der Waals surface area contributed by atoms with Crippen molar-refractivity contribution in [3.63, 3.8) is 0 Å². The average Bonchev–Trinajstić information content (AvgIpc) is 2.44. The van der Waals surface area contributed by atoms with E-state index in [1.165, 1.54) is 37.6 Å². The van der Waals surface area contributed by atoms with Crippen LogP contribution in [-0.2, 0) is 0 Å². The molecule has 0 spiro atoms. The van der Waals surface area contributed by atoms with Gasteiger partial charge < -0.3 is 0 Å². The van der Waals surface area contributed by atoms with Gasteiger partial charge in [-0.2, -0.15) is 13.2 Å². The molecule has 0 aliphatic heterocycles. The summed E-state index contributed by atoms with van der Waals surface area (Å²) in [5.74, 6) is 0. The van der Waals surface area contributed by atoms with E-state index in [1.54, 1.807) is 0 Å². The molecule has 0 N–H and O–H groups in total. The molecule has 0 amide bonds. The van der Waals surface area contributed by atoms with E-state index in [-0.39, 0.29) is 0 Å². The summed E-state index contributed by atoms with van der Waals surface area (Å²) in [7, 11) is 0. The van der Waals surface area contributed by atoms with Gasteiger partial charge in [0.05, 0.1) is 0 Å². The molecular weight excluding hydrogens is 305 g/mol.